The summed E-state index contributed by atoms with van der Waals surface area (Å²) in [5.41, 5.74) is 15.2. The summed E-state index contributed by atoms with van der Waals surface area (Å²) in [6, 6.07) is 58.0. The lowest BCUT2D eigenvalue weighted by Crippen LogP contribution is -2.15. The molecule has 250 valence electrons. The van der Waals surface area contributed by atoms with Gasteiger partial charge in [-0.1, -0.05) is 111 Å². The molecular weight excluding hydrogens is 647 g/mol. The molecule has 0 fully saturated rings. The number of para-hydroxylation sites is 2. The van der Waals surface area contributed by atoms with Crippen molar-refractivity contribution in [3.63, 3.8) is 0 Å². The molecule has 11 rings (SSSR count). The van der Waals surface area contributed by atoms with Crippen molar-refractivity contribution in [2.75, 3.05) is 0 Å². The summed E-state index contributed by atoms with van der Waals surface area (Å²) in [6.07, 6.45) is 0. The maximum absolute atomic E-state index is 6.60. The fraction of sp³-hybridized carbons (Fsp3) is 0.0612. The van der Waals surface area contributed by atoms with Gasteiger partial charge in [0.15, 0.2) is 5.82 Å². The van der Waals surface area contributed by atoms with Gasteiger partial charge in [0.1, 0.15) is 11.2 Å². The summed E-state index contributed by atoms with van der Waals surface area (Å²) in [5.74, 6) is 0.686. The van der Waals surface area contributed by atoms with Gasteiger partial charge in [-0.3, -0.25) is 0 Å². The van der Waals surface area contributed by atoms with Gasteiger partial charge in [0.2, 0.25) is 0 Å². The zero-order valence-corrected chi connectivity index (χ0v) is 29.3. The number of nitrogens with zero attached hydrogens (tertiary/aromatic N) is 3. The Morgan fingerprint density at radius 1 is 0.453 bits per heavy atom. The van der Waals surface area contributed by atoms with E-state index >= 15 is 0 Å². The van der Waals surface area contributed by atoms with E-state index in [-0.39, 0.29) is 5.41 Å². The zero-order chi connectivity index (χ0) is 35.3. The topological polar surface area (TPSA) is 43.9 Å². The molecule has 0 saturated heterocycles. The number of aromatic nitrogens is 3. The average molecular weight is 680 g/mol. The Hall–Kier alpha value is -6.78. The van der Waals surface area contributed by atoms with Crippen molar-refractivity contribution in [2.45, 2.75) is 19.3 Å². The predicted molar refractivity (Wildman–Crippen MR) is 218 cm³/mol. The van der Waals surface area contributed by atoms with E-state index in [9.17, 15) is 0 Å². The second-order valence-electron chi connectivity index (χ2n) is 14.6. The van der Waals surface area contributed by atoms with Crippen LogP contribution < -0.4 is 0 Å². The summed E-state index contributed by atoms with van der Waals surface area (Å²) < 4.78 is 9.00. The normalized spacial score (nSPS) is 13.2. The van der Waals surface area contributed by atoms with Crippen LogP contribution in [0, 0.1) is 0 Å². The van der Waals surface area contributed by atoms with E-state index in [2.05, 4.69) is 146 Å². The van der Waals surface area contributed by atoms with E-state index in [0.717, 1.165) is 50.0 Å². The molecule has 10 aromatic rings. The molecule has 1 aliphatic rings. The Morgan fingerprint density at radius 2 is 1.04 bits per heavy atom. The summed E-state index contributed by atoms with van der Waals surface area (Å²) in [6.45, 7) is 4.68. The first kappa shape index (κ1) is 29.9. The molecule has 0 N–H and O–H groups in total. The molecule has 0 bridgehead atoms. The Balaban J connectivity index is 1.11. The SMILES string of the molecule is CC1(C)c2cc3oc4ccc(-c5nc(-c6ccccc6)cc(-c6ccccc6)n5)cc4c3cc2-c2cc3c4ccccc4n(-c4ccccc4)c3cc21. The van der Waals surface area contributed by atoms with Crippen molar-refractivity contribution in [2.24, 2.45) is 0 Å². The highest BCUT2D eigenvalue weighted by atomic mass is 16.3. The highest BCUT2D eigenvalue weighted by Crippen LogP contribution is 2.53. The van der Waals surface area contributed by atoms with Crippen LogP contribution in [0.2, 0.25) is 0 Å². The monoisotopic (exact) mass is 679 g/mol. The Bertz CT molecular complexity index is 3010. The average Bonchev–Trinajstić information content (AvgIpc) is 3.81. The Labute approximate surface area is 306 Å². The summed E-state index contributed by atoms with van der Waals surface area (Å²) in [7, 11) is 0. The third kappa shape index (κ3) is 4.49. The molecule has 4 nitrogen and oxygen atoms in total. The minimum Gasteiger partial charge on any atom is -0.456 e. The molecule has 0 spiro atoms. The molecule has 7 aromatic carbocycles. The highest BCUT2D eigenvalue weighted by molar-refractivity contribution is 6.13. The van der Waals surface area contributed by atoms with Crippen LogP contribution in [0.3, 0.4) is 0 Å². The van der Waals surface area contributed by atoms with Crippen LogP contribution >= 0.6 is 0 Å². The van der Waals surface area contributed by atoms with Crippen LogP contribution in [0.5, 0.6) is 0 Å². The van der Waals surface area contributed by atoms with Gasteiger partial charge in [-0.15, -0.1) is 0 Å². The molecule has 3 heterocycles. The number of fused-ring (bicyclic) bond motifs is 9. The first-order valence-electron chi connectivity index (χ1n) is 18.2. The van der Waals surface area contributed by atoms with Gasteiger partial charge in [0, 0.05) is 49.3 Å². The van der Waals surface area contributed by atoms with Crippen LogP contribution in [0.1, 0.15) is 25.0 Å². The van der Waals surface area contributed by atoms with E-state index < -0.39 is 0 Å². The van der Waals surface area contributed by atoms with Crippen LogP contribution in [0.4, 0.5) is 0 Å². The fourth-order valence-electron chi connectivity index (χ4n) is 8.55. The lowest BCUT2D eigenvalue weighted by atomic mass is 9.82. The van der Waals surface area contributed by atoms with Gasteiger partial charge in [-0.25, -0.2) is 9.97 Å². The highest BCUT2D eigenvalue weighted by Gasteiger charge is 2.37. The van der Waals surface area contributed by atoms with Gasteiger partial charge >= 0.3 is 0 Å². The molecule has 0 aliphatic heterocycles. The minimum atomic E-state index is -0.214. The van der Waals surface area contributed by atoms with Gasteiger partial charge in [0.05, 0.1) is 22.4 Å². The third-order valence-corrected chi connectivity index (χ3v) is 11.2. The van der Waals surface area contributed by atoms with Gasteiger partial charge in [0.25, 0.3) is 0 Å². The number of hydrogen-bond acceptors (Lipinski definition) is 3. The maximum atomic E-state index is 6.60. The number of furan rings is 1. The largest absolute Gasteiger partial charge is 0.456 e. The van der Waals surface area contributed by atoms with Crippen LogP contribution in [-0.4, -0.2) is 14.5 Å². The summed E-state index contributed by atoms with van der Waals surface area (Å²) >= 11 is 0. The molecule has 0 atom stereocenters. The van der Waals surface area contributed by atoms with E-state index in [0.29, 0.717) is 5.82 Å². The third-order valence-electron chi connectivity index (χ3n) is 11.2. The number of rotatable bonds is 4. The molecule has 4 heteroatoms. The molecule has 0 unspecified atom stereocenters. The fourth-order valence-corrected chi connectivity index (χ4v) is 8.55. The lowest BCUT2D eigenvalue weighted by molar-refractivity contribution is 0.647. The first-order chi connectivity index (χ1) is 26.0. The second kappa shape index (κ2) is 11.1. The van der Waals surface area contributed by atoms with Crippen molar-refractivity contribution in [3.05, 3.63) is 175 Å². The Morgan fingerprint density at radius 3 is 1.74 bits per heavy atom. The first-order valence-corrected chi connectivity index (χ1v) is 18.2. The van der Waals surface area contributed by atoms with Crippen molar-refractivity contribution >= 4 is 43.7 Å². The predicted octanol–water partition coefficient (Wildman–Crippen LogP) is 12.8. The molecule has 53 heavy (non-hydrogen) atoms. The van der Waals surface area contributed by atoms with Gasteiger partial charge in [-0.05, 0) is 89.0 Å². The number of benzene rings is 7. The van der Waals surface area contributed by atoms with Crippen LogP contribution in [0.25, 0.3) is 94.5 Å². The van der Waals surface area contributed by atoms with Crippen molar-refractivity contribution in [1.82, 2.24) is 14.5 Å². The van der Waals surface area contributed by atoms with Crippen molar-refractivity contribution in [3.8, 4) is 50.7 Å². The molecule has 0 radical (unpaired) electrons. The van der Waals surface area contributed by atoms with E-state index in [1.54, 1.807) is 0 Å². The van der Waals surface area contributed by atoms with Gasteiger partial charge < -0.3 is 8.98 Å². The quantitative estimate of drug-likeness (QED) is 0.186. The minimum absolute atomic E-state index is 0.214. The van der Waals surface area contributed by atoms with Crippen molar-refractivity contribution < 1.29 is 4.42 Å². The Kier molecular flexibility index (Phi) is 6.27. The van der Waals surface area contributed by atoms with Gasteiger partial charge in [-0.2, -0.15) is 0 Å². The summed E-state index contributed by atoms with van der Waals surface area (Å²) in [5, 5.41) is 4.67. The lowest BCUT2D eigenvalue weighted by Gasteiger charge is -2.21. The smallest absolute Gasteiger partial charge is 0.160 e. The van der Waals surface area contributed by atoms with E-state index in [1.165, 1.54) is 49.7 Å². The zero-order valence-electron chi connectivity index (χ0n) is 29.3. The van der Waals surface area contributed by atoms with E-state index in [4.69, 9.17) is 14.4 Å². The molecule has 0 amide bonds. The van der Waals surface area contributed by atoms with Crippen molar-refractivity contribution in [1.29, 1.82) is 0 Å². The standard InChI is InChI=1S/C49H33N3O/c1-49(2)40-27-45-37(34-20-12-13-21-44(34)52(45)33-18-10-5-11-19-33)25-35(40)36-26-39-38-24-32(22-23-46(38)53-47(39)28-41(36)49)48-50-42(30-14-6-3-7-15-30)29-43(51-48)31-16-8-4-9-17-31/h3-29H,1-2H3. The molecule has 0 saturated carbocycles. The molecule has 1 aliphatic carbocycles. The second-order valence-corrected chi connectivity index (χ2v) is 14.6. The molecule has 3 aromatic heterocycles. The number of hydrogen-bond donors (Lipinski definition) is 0. The van der Waals surface area contributed by atoms with Crippen LogP contribution in [-0.2, 0) is 5.41 Å². The van der Waals surface area contributed by atoms with Crippen LogP contribution in [0.15, 0.2) is 168 Å². The van der Waals surface area contributed by atoms with E-state index in [1.807, 2.05) is 36.4 Å². The maximum Gasteiger partial charge on any atom is 0.160 e. The summed E-state index contributed by atoms with van der Waals surface area (Å²) in [4.78, 5) is 10.2. The molecular formula is C49H33N3O.